The van der Waals surface area contributed by atoms with E-state index in [1.807, 2.05) is 18.2 Å². The number of benzene rings is 1. The minimum absolute atomic E-state index is 0.112. The summed E-state index contributed by atoms with van der Waals surface area (Å²) < 4.78 is 5.55. The molecule has 0 aliphatic heterocycles. The van der Waals surface area contributed by atoms with Crippen molar-refractivity contribution >= 4 is 5.97 Å². The molecule has 2 atom stereocenters. The van der Waals surface area contributed by atoms with Crippen molar-refractivity contribution in [1.82, 2.24) is 0 Å². The quantitative estimate of drug-likeness (QED) is 0.711. The van der Waals surface area contributed by atoms with E-state index in [1.165, 1.54) is 19.3 Å². The van der Waals surface area contributed by atoms with E-state index in [4.69, 9.17) is 4.74 Å². The van der Waals surface area contributed by atoms with Gasteiger partial charge in [0.2, 0.25) is 0 Å². The molecule has 0 saturated heterocycles. The van der Waals surface area contributed by atoms with E-state index in [2.05, 4.69) is 6.92 Å². The molecule has 0 unspecified atom stereocenters. The fourth-order valence-corrected chi connectivity index (χ4v) is 2.24. The molecule has 0 radical (unpaired) electrons. The Hall–Kier alpha value is -1.31. The summed E-state index contributed by atoms with van der Waals surface area (Å²) in [4.78, 5) is 11.8. The third-order valence-electron chi connectivity index (χ3n) is 3.30. The summed E-state index contributed by atoms with van der Waals surface area (Å²) in [7, 11) is 0. The maximum atomic E-state index is 11.8. The van der Waals surface area contributed by atoms with Crippen LogP contribution >= 0.6 is 0 Å². The van der Waals surface area contributed by atoms with E-state index in [0.717, 1.165) is 6.42 Å². The first-order valence-corrected chi connectivity index (χ1v) is 6.03. The molecule has 0 spiro atoms. The average molecular weight is 218 g/mol. The van der Waals surface area contributed by atoms with Crippen molar-refractivity contribution < 1.29 is 9.53 Å². The molecule has 1 aromatic rings. The van der Waals surface area contributed by atoms with E-state index < -0.39 is 0 Å². The number of rotatable bonds is 2. The Balaban J connectivity index is 1.96. The van der Waals surface area contributed by atoms with Gasteiger partial charge < -0.3 is 4.74 Å². The van der Waals surface area contributed by atoms with Crippen molar-refractivity contribution in [2.24, 2.45) is 5.92 Å². The van der Waals surface area contributed by atoms with Crippen LogP contribution in [-0.2, 0) is 4.74 Å². The summed E-state index contributed by atoms with van der Waals surface area (Å²) >= 11 is 0. The summed E-state index contributed by atoms with van der Waals surface area (Å²) in [5.74, 6) is 0.320. The van der Waals surface area contributed by atoms with Gasteiger partial charge in [-0.2, -0.15) is 0 Å². The van der Waals surface area contributed by atoms with Crippen molar-refractivity contribution in [3.05, 3.63) is 35.9 Å². The molecule has 0 bridgehead atoms. The second-order valence-corrected chi connectivity index (χ2v) is 4.57. The molecule has 1 saturated carbocycles. The number of hydrogen-bond donors (Lipinski definition) is 0. The fraction of sp³-hybridized carbons (Fsp3) is 0.500. The van der Waals surface area contributed by atoms with Gasteiger partial charge in [0.1, 0.15) is 6.10 Å². The highest BCUT2D eigenvalue weighted by atomic mass is 16.5. The van der Waals surface area contributed by atoms with E-state index in [9.17, 15) is 4.79 Å². The van der Waals surface area contributed by atoms with Gasteiger partial charge in [0, 0.05) is 0 Å². The average Bonchev–Trinajstić information content (AvgIpc) is 2.33. The van der Waals surface area contributed by atoms with Gasteiger partial charge in [-0.25, -0.2) is 4.79 Å². The molecule has 16 heavy (non-hydrogen) atoms. The Morgan fingerprint density at radius 2 is 1.88 bits per heavy atom. The zero-order valence-corrected chi connectivity index (χ0v) is 9.69. The molecular weight excluding hydrogens is 200 g/mol. The minimum atomic E-state index is -0.181. The summed E-state index contributed by atoms with van der Waals surface area (Å²) in [5, 5.41) is 0. The molecule has 1 aliphatic rings. The Morgan fingerprint density at radius 3 is 2.56 bits per heavy atom. The van der Waals surface area contributed by atoms with Gasteiger partial charge in [0.25, 0.3) is 0 Å². The Morgan fingerprint density at radius 1 is 1.19 bits per heavy atom. The van der Waals surface area contributed by atoms with Crippen molar-refractivity contribution in [1.29, 1.82) is 0 Å². The molecule has 1 aromatic carbocycles. The van der Waals surface area contributed by atoms with Gasteiger partial charge in [-0.15, -0.1) is 0 Å². The predicted molar refractivity (Wildman–Crippen MR) is 63.3 cm³/mol. The Labute approximate surface area is 96.6 Å². The van der Waals surface area contributed by atoms with E-state index in [0.29, 0.717) is 11.5 Å². The maximum absolute atomic E-state index is 11.8. The van der Waals surface area contributed by atoms with Crippen LogP contribution in [0, 0.1) is 5.92 Å². The first kappa shape index (κ1) is 11.2. The van der Waals surface area contributed by atoms with Gasteiger partial charge >= 0.3 is 5.97 Å². The van der Waals surface area contributed by atoms with Crippen LogP contribution in [0.25, 0.3) is 0 Å². The molecule has 1 fully saturated rings. The molecule has 0 heterocycles. The summed E-state index contributed by atoms with van der Waals surface area (Å²) in [5.41, 5.74) is 0.653. The predicted octanol–water partition coefficient (Wildman–Crippen LogP) is 3.42. The monoisotopic (exact) mass is 218 g/mol. The van der Waals surface area contributed by atoms with Crippen molar-refractivity contribution in [3.63, 3.8) is 0 Å². The first-order chi connectivity index (χ1) is 7.77. The second kappa shape index (κ2) is 5.15. The summed E-state index contributed by atoms with van der Waals surface area (Å²) in [6, 6.07) is 9.23. The molecule has 86 valence electrons. The Kier molecular flexibility index (Phi) is 3.60. The van der Waals surface area contributed by atoms with Crippen LogP contribution in [0.5, 0.6) is 0 Å². The van der Waals surface area contributed by atoms with Crippen LogP contribution in [0.15, 0.2) is 30.3 Å². The smallest absolute Gasteiger partial charge is 0.338 e. The second-order valence-electron chi connectivity index (χ2n) is 4.57. The van der Waals surface area contributed by atoms with Crippen LogP contribution in [-0.4, -0.2) is 12.1 Å². The molecule has 2 rings (SSSR count). The number of esters is 1. The maximum Gasteiger partial charge on any atom is 0.338 e. The highest BCUT2D eigenvalue weighted by Crippen LogP contribution is 2.26. The largest absolute Gasteiger partial charge is 0.459 e. The lowest BCUT2D eigenvalue weighted by Crippen LogP contribution is -2.28. The van der Waals surface area contributed by atoms with Crippen molar-refractivity contribution in [2.75, 3.05) is 0 Å². The van der Waals surface area contributed by atoms with Gasteiger partial charge in [0.15, 0.2) is 0 Å². The third-order valence-corrected chi connectivity index (χ3v) is 3.30. The summed E-state index contributed by atoms with van der Waals surface area (Å²) in [6.07, 6.45) is 4.74. The zero-order valence-electron chi connectivity index (χ0n) is 9.69. The van der Waals surface area contributed by atoms with Crippen LogP contribution in [0.1, 0.15) is 43.0 Å². The third kappa shape index (κ3) is 2.63. The van der Waals surface area contributed by atoms with Gasteiger partial charge in [-0.1, -0.05) is 31.5 Å². The van der Waals surface area contributed by atoms with E-state index >= 15 is 0 Å². The van der Waals surface area contributed by atoms with Crippen LogP contribution in [0.3, 0.4) is 0 Å². The van der Waals surface area contributed by atoms with E-state index in [1.54, 1.807) is 12.1 Å². The molecule has 0 N–H and O–H groups in total. The molecule has 2 nitrogen and oxygen atoms in total. The number of carbonyl (C=O) groups is 1. The lowest BCUT2D eigenvalue weighted by atomic mass is 9.88. The standard InChI is InChI=1S/C14H18O2/c1-11-7-5-6-10-13(11)16-14(15)12-8-3-2-4-9-12/h2-4,8-9,11,13H,5-7,10H2,1H3/t11-,13+/m0/s1. The zero-order chi connectivity index (χ0) is 11.4. The Bertz CT molecular complexity index is 345. The molecular formula is C14H18O2. The summed E-state index contributed by atoms with van der Waals surface area (Å²) in [6.45, 7) is 2.17. The first-order valence-electron chi connectivity index (χ1n) is 6.03. The molecule has 0 aromatic heterocycles. The molecule has 2 heteroatoms. The highest BCUT2D eigenvalue weighted by Gasteiger charge is 2.24. The van der Waals surface area contributed by atoms with Gasteiger partial charge in [-0.05, 0) is 37.3 Å². The highest BCUT2D eigenvalue weighted by molar-refractivity contribution is 5.89. The van der Waals surface area contributed by atoms with Crippen molar-refractivity contribution in [3.8, 4) is 0 Å². The normalized spacial score (nSPS) is 25.1. The van der Waals surface area contributed by atoms with E-state index in [-0.39, 0.29) is 12.1 Å². The lowest BCUT2D eigenvalue weighted by Gasteiger charge is -2.28. The lowest BCUT2D eigenvalue weighted by molar-refractivity contribution is 0.00482. The fourth-order valence-electron chi connectivity index (χ4n) is 2.24. The van der Waals surface area contributed by atoms with Crippen LogP contribution in [0.2, 0.25) is 0 Å². The number of hydrogen-bond acceptors (Lipinski definition) is 2. The number of carbonyl (C=O) groups excluding carboxylic acids is 1. The van der Waals surface area contributed by atoms with Gasteiger partial charge in [-0.3, -0.25) is 0 Å². The minimum Gasteiger partial charge on any atom is -0.459 e. The molecule has 0 amide bonds. The SMILES string of the molecule is C[C@H]1CCCC[C@H]1OC(=O)c1ccccc1. The van der Waals surface area contributed by atoms with Crippen molar-refractivity contribution in [2.45, 2.75) is 38.7 Å². The van der Waals surface area contributed by atoms with Crippen LogP contribution in [0.4, 0.5) is 0 Å². The number of ether oxygens (including phenoxy) is 1. The topological polar surface area (TPSA) is 26.3 Å². The molecule has 1 aliphatic carbocycles. The van der Waals surface area contributed by atoms with Gasteiger partial charge in [0.05, 0.1) is 5.56 Å². The van der Waals surface area contributed by atoms with Crippen LogP contribution < -0.4 is 0 Å².